The van der Waals surface area contributed by atoms with Gasteiger partial charge in [-0.1, -0.05) is 35.5 Å². The number of nitrogens with zero attached hydrogens (tertiary/aromatic N) is 4. The maximum Gasteiger partial charge on any atom is 0.276 e. The highest BCUT2D eigenvalue weighted by atomic mass is 35.5. The van der Waals surface area contributed by atoms with E-state index in [1.807, 2.05) is 29.1 Å². The Morgan fingerprint density at radius 2 is 2.14 bits per heavy atom. The maximum atomic E-state index is 6.12. The molecule has 0 radical (unpaired) electrons. The Morgan fingerprint density at radius 3 is 2.91 bits per heavy atom. The van der Waals surface area contributed by atoms with E-state index in [1.54, 1.807) is 6.07 Å². The molecule has 0 aliphatic carbocycles. The molecule has 2 heterocycles. The van der Waals surface area contributed by atoms with Crippen LogP contribution < -0.4 is 0 Å². The molecule has 0 aliphatic rings. The number of aromatic nitrogens is 4. The lowest BCUT2D eigenvalue weighted by Gasteiger charge is -1.97. The van der Waals surface area contributed by atoms with Crippen molar-refractivity contribution in [1.29, 1.82) is 0 Å². The predicted octanol–water partition coefficient (Wildman–Crippen LogP) is 3.94. The Balaban J connectivity index is 1.59. The van der Waals surface area contributed by atoms with Crippen LogP contribution in [-0.4, -0.2) is 25.7 Å². The molecule has 0 bridgehead atoms. The summed E-state index contributed by atoms with van der Waals surface area (Å²) in [4.78, 5) is 0. The third kappa shape index (κ3) is 3.51. The molecule has 0 unspecified atom stereocenters. The lowest BCUT2D eigenvalue weighted by molar-refractivity contribution is 0.466. The molecule has 0 saturated heterocycles. The van der Waals surface area contributed by atoms with Crippen LogP contribution in [-0.2, 0) is 13.0 Å². The summed E-state index contributed by atoms with van der Waals surface area (Å²) in [7, 11) is 0. The van der Waals surface area contributed by atoms with Gasteiger partial charge in [-0.15, -0.1) is 10.2 Å². The molecule has 114 valence electrons. The van der Waals surface area contributed by atoms with Gasteiger partial charge in [0.1, 0.15) is 0 Å². The molecule has 0 amide bonds. The number of hydrogen-bond donors (Lipinski definition) is 0. The second kappa shape index (κ2) is 6.98. The van der Waals surface area contributed by atoms with Crippen LogP contribution in [0.5, 0.6) is 0 Å². The highest BCUT2D eigenvalue weighted by Gasteiger charge is 2.11. The monoisotopic (exact) mass is 334 g/mol. The molecule has 22 heavy (non-hydrogen) atoms. The average molecular weight is 335 g/mol. The summed E-state index contributed by atoms with van der Waals surface area (Å²) < 4.78 is 7.57. The lowest BCUT2D eigenvalue weighted by atomic mass is 10.2. The maximum absolute atomic E-state index is 6.12. The highest BCUT2D eigenvalue weighted by molar-refractivity contribution is 7.99. The molecule has 3 rings (SSSR count). The van der Waals surface area contributed by atoms with Crippen molar-refractivity contribution >= 4 is 23.4 Å². The average Bonchev–Trinajstić information content (AvgIpc) is 3.17. The molecule has 2 aromatic heterocycles. The number of halogens is 1. The van der Waals surface area contributed by atoms with Crippen LogP contribution in [0.2, 0.25) is 5.02 Å². The van der Waals surface area contributed by atoms with E-state index in [2.05, 4.69) is 28.4 Å². The van der Waals surface area contributed by atoms with E-state index in [4.69, 9.17) is 16.0 Å². The van der Waals surface area contributed by atoms with Crippen LogP contribution in [0, 0.1) is 0 Å². The second-order valence-corrected chi connectivity index (χ2v) is 6.11. The molecule has 0 atom stereocenters. The Morgan fingerprint density at radius 1 is 1.27 bits per heavy atom. The van der Waals surface area contributed by atoms with Gasteiger partial charge in [0.2, 0.25) is 5.89 Å². The van der Waals surface area contributed by atoms with Gasteiger partial charge in [0.05, 0.1) is 16.8 Å². The summed E-state index contributed by atoms with van der Waals surface area (Å²) in [6, 6.07) is 7.43. The number of thioether (sulfide) groups is 1. The summed E-state index contributed by atoms with van der Waals surface area (Å²) in [5, 5.41) is 13.5. The van der Waals surface area contributed by atoms with Gasteiger partial charge in [-0.25, -0.2) is 0 Å². The van der Waals surface area contributed by atoms with Gasteiger partial charge >= 0.3 is 0 Å². The Labute approximate surface area is 137 Å². The predicted molar refractivity (Wildman–Crippen MR) is 87.1 cm³/mol. The van der Waals surface area contributed by atoms with Gasteiger partial charge in [-0.2, -0.15) is 5.10 Å². The van der Waals surface area contributed by atoms with E-state index in [9.17, 15) is 0 Å². The van der Waals surface area contributed by atoms with Crippen molar-refractivity contribution in [2.45, 2.75) is 25.1 Å². The van der Waals surface area contributed by atoms with Gasteiger partial charge in [0.25, 0.3) is 5.22 Å². The van der Waals surface area contributed by atoms with Crippen LogP contribution >= 0.6 is 23.4 Å². The van der Waals surface area contributed by atoms with Crippen molar-refractivity contribution < 1.29 is 4.42 Å². The first-order valence-electron chi connectivity index (χ1n) is 6.99. The molecule has 3 aromatic rings. The van der Waals surface area contributed by atoms with Crippen LogP contribution in [0.4, 0.5) is 0 Å². The zero-order valence-electron chi connectivity index (χ0n) is 12.1. The summed E-state index contributed by atoms with van der Waals surface area (Å²) in [5.41, 5.74) is 1.97. The number of aryl methyl sites for hydroxylation is 2. The Bertz CT molecular complexity index is 755. The zero-order chi connectivity index (χ0) is 15.4. The first kappa shape index (κ1) is 15.1. The van der Waals surface area contributed by atoms with E-state index in [0.29, 0.717) is 16.1 Å². The van der Waals surface area contributed by atoms with Gasteiger partial charge in [0.15, 0.2) is 0 Å². The molecule has 0 saturated carbocycles. The number of benzene rings is 1. The first-order valence-corrected chi connectivity index (χ1v) is 8.35. The summed E-state index contributed by atoms with van der Waals surface area (Å²) in [5.74, 6) is 1.31. The molecule has 1 aromatic carbocycles. The second-order valence-electron chi connectivity index (χ2n) is 4.66. The van der Waals surface area contributed by atoms with Crippen LogP contribution in [0.1, 0.15) is 12.5 Å². The normalized spacial score (nSPS) is 11.0. The summed E-state index contributed by atoms with van der Waals surface area (Å²) >= 11 is 7.66. The fourth-order valence-electron chi connectivity index (χ4n) is 1.98. The van der Waals surface area contributed by atoms with E-state index in [0.717, 1.165) is 24.3 Å². The fourth-order valence-corrected chi connectivity index (χ4v) is 2.94. The third-order valence-electron chi connectivity index (χ3n) is 3.14. The fraction of sp³-hybridized carbons (Fsp3) is 0.267. The van der Waals surface area contributed by atoms with E-state index < -0.39 is 0 Å². The minimum Gasteiger partial charge on any atom is -0.411 e. The summed E-state index contributed by atoms with van der Waals surface area (Å²) in [6.07, 6.45) is 4.87. The van der Waals surface area contributed by atoms with Crippen LogP contribution in [0.25, 0.3) is 11.5 Å². The smallest absolute Gasteiger partial charge is 0.276 e. The van der Waals surface area contributed by atoms with Gasteiger partial charge in [-0.3, -0.25) is 4.68 Å². The number of hydrogen-bond acceptors (Lipinski definition) is 5. The quantitative estimate of drug-likeness (QED) is 0.639. The van der Waals surface area contributed by atoms with Crippen molar-refractivity contribution in [2.24, 2.45) is 0 Å². The Kier molecular flexibility index (Phi) is 4.80. The molecule has 5 nitrogen and oxygen atoms in total. The van der Waals surface area contributed by atoms with Crippen molar-refractivity contribution in [3.63, 3.8) is 0 Å². The molecule has 0 spiro atoms. The van der Waals surface area contributed by atoms with E-state index >= 15 is 0 Å². The van der Waals surface area contributed by atoms with Crippen LogP contribution in [0.15, 0.2) is 46.3 Å². The summed E-state index contributed by atoms with van der Waals surface area (Å²) in [6.45, 7) is 2.96. The van der Waals surface area contributed by atoms with Crippen molar-refractivity contribution in [1.82, 2.24) is 20.0 Å². The zero-order valence-corrected chi connectivity index (χ0v) is 13.6. The molecule has 0 N–H and O–H groups in total. The van der Waals surface area contributed by atoms with Crippen molar-refractivity contribution in [2.75, 3.05) is 5.75 Å². The highest BCUT2D eigenvalue weighted by Crippen LogP contribution is 2.28. The molecule has 0 fully saturated rings. The van der Waals surface area contributed by atoms with Crippen molar-refractivity contribution in [3.8, 4) is 11.5 Å². The molecular formula is C15H15ClN4OS. The standard InChI is InChI=1S/C15H15ClN4OS/c1-2-20-10-11(9-17-20)7-8-22-15-19-18-14(21-15)12-5-3-4-6-13(12)16/h3-6,9-10H,2,7-8H2,1H3. The van der Waals surface area contributed by atoms with Gasteiger partial charge < -0.3 is 4.42 Å². The Hall–Kier alpha value is -1.79. The molecule has 7 heteroatoms. The van der Waals surface area contributed by atoms with Gasteiger partial charge in [-0.05, 0) is 31.0 Å². The SMILES string of the molecule is CCn1cc(CCSc2nnc(-c3ccccc3Cl)o2)cn1. The minimum absolute atomic E-state index is 0.451. The molecule has 0 aliphatic heterocycles. The van der Waals surface area contributed by atoms with Crippen molar-refractivity contribution in [3.05, 3.63) is 47.2 Å². The lowest BCUT2D eigenvalue weighted by Crippen LogP contribution is -1.92. The topological polar surface area (TPSA) is 56.7 Å². The minimum atomic E-state index is 0.451. The van der Waals surface area contributed by atoms with Crippen LogP contribution in [0.3, 0.4) is 0 Å². The van der Waals surface area contributed by atoms with E-state index in [1.165, 1.54) is 17.3 Å². The van der Waals surface area contributed by atoms with Gasteiger partial charge in [0, 0.05) is 18.5 Å². The largest absolute Gasteiger partial charge is 0.411 e. The third-order valence-corrected chi connectivity index (χ3v) is 4.29. The van der Waals surface area contributed by atoms with E-state index in [-0.39, 0.29) is 0 Å². The molecular weight excluding hydrogens is 320 g/mol. The first-order chi connectivity index (χ1) is 10.8. The number of rotatable bonds is 6.